The highest BCUT2D eigenvalue weighted by molar-refractivity contribution is 5.94. The van der Waals surface area contributed by atoms with Crippen LogP contribution in [0.2, 0.25) is 0 Å². The zero-order valence-electron chi connectivity index (χ0n) is 18.1. The van der Waals surface area contributed by atoms with E-state index in [-0.39, 0.29) is 25.6 Å². The van der Waals surface area contributed by atoms with E-state index in [9.17, 15) is 14.4 Å². The molecule has 0 atom stereocenters. The Morgan fingerprint density at radius 1 is 0.971 bits per heavy atom. The molecule has 0 saturated carbocycles. The summed E-state index contributed by atoms with van der Waals surface area (Å²) >= 11 is 0. The summed E-state index contributed by atoms with van der Waals surface area (Å²) in [4.78, 5) is 39.0. The number of benzene rings is 2. The molecule has 8 nitrogen and oxygen atoms in total. The lowest BCUT2D eigenvalue weighted by molar-refractivity contribution is -0.130. The molecule has 0 fully saturated rings. The maximum atomic E-state index is 12.3. The van der Waals surface area contributed by atoms with Gasteiger partial charge in [-0.25, -0.2) is 9.59 Å². The molecule has 1 aliphatic rings. The first-order valence-electron chi connectivity index (χ1n) is 10.6. The lowest BCUT2D eigenvalue weighted by atomic mass is 9.98. The Balaban J connectivity index is 1.31. The van der Waals surface area contributed by atoms with Crippen LogP contribution in [0.4, 0.5) is 4.79 Å². The van der Waals surface area contributed by atoms with Crippen LogP contribution in [-0.4, -0.2) is 41.2 Å². The van der Waals surface area contributed by atoms with Crippen molar-refractivity contribution in [3.63, 3.8) is 0 Å². The SMILES string of the molecule is O=C(O)C#CCNC(=O)c1ccnc(CNC(=O)OCC2c3ccccc3-c3ccccc32)c1. The number of aromatic nitrogens is 1. The maximum Gasteiger partial charge on any atom is 0.407 e. The van der Waals surface area contributed by atoms with E-state index in [0.29, 0.717) is 11.3 Å². The minimum absolute atomic E-state index is 0.0347. The molecule has 1 aromatic heterocycles. The summed E-state index contributed by atoms with van der Waals surface area (Å²) in [5, 5.41) is 13.6. The Morgan fingerprint density at radius 2 is 1.65 bits per heavy atom. The van der Waals surface area contributed by atoms with Crippen LogP contribution in [0.1, 0.15) is 33.1 Å². The van der Waals surface area contributed by atoms with Crippen LogP contribution < -0.4 is 10.6 Å². The number of rotatable bonds is 6. The first-order valence-corrected chi connectivity index (χ1v) is 10.6. The molecule has 1 heterocycles. The molecule has 0 bridgehead atoms. The number of carboxylic acids is 1. The van der Waals surface area contributed by atoms with E-state index < -0.39 is 18.0 Å². The smallest absolute Gasteiger partial charge is 0.407 e. The van der Waals surface area contributed by atoms with Gasteiger partial charge in [-0.3, -0.25) is 9.78 Å². The molecule has 3 N–H and O–H groups in total. The highest BCUT2D eigenvalue weighted by Gasteiger charge is 2.28. The summed E-state index contributed by atoms with van der Waals surface area (Å²) in [7, 11) is 0. The quantitative estimate of drug-likeness (QED) is 0.492. The molecule has 3 aromatic rings. The lowest BCUT2D eigenvalue weighted by Gasteiger charge is -2.14. The minimum atomic E-state index is -1.26. The zero-order chi connectivity index (χ0) is 23.9. The van der Waals surface area contributed by atoms with Crippen LogP contribution in [0.15, 0.2) is 66.9 Å². The summed E-state index contributed by atoms with van der Waals surface area (Å²) in [5.74, 6) is 2.51. The van der Waals surface area contributed by atoms with Crippen molar-refractivity contribution in [2.24, 2.45) is 0 Å². The number of carbonyl (C=O) groups is 3. The number of hydrogen-bond acceptors (Lipinski definition) is 5. The highest BCUT2D eigenvalue weighted by atomic mass is 16.5. The number of fused-ring (bicyclic) bond motifs is 3. The first kappa shape index (κ1) is 22.6. The molecular formula is C26H21N3O5. The van der Waals surface area contributed by atoms with Crippen molar-refractivity contribution in [2.45, 2.75) is 12.5 Å². The van der Waals surface area contributed by atoms with Crippen molar-refractivity contribution >= 4 is 18.0 Å². The van der Waals surface area contributed by atoms with Crippen molar-refractivity contribution < 1.29 is 24.2 Å². The fourth-order valence-electron chi connectivity index (χ4n) is 3.87. The molecule has 8 heteroatoms. The third-order valence-corrected chi connectivity index (χ3v) is 5.37. The van der Waals surface area contributed by atoms with Gasteiger partial charge in [-0.1, -0.05) is 54.5 Å². The molecule has 0 aliphatic heterocycles. The molecule has 0 radical (unpaired) electrons. The van der Waals surface area contributed by atoms with Gasteiger partial charge in [0.25, 0.3) is 5.91 Å². The third kappa shape index (κ3) is 5.22. The molecular weight excluding hydrogens is 434 g/mol. The Hall–Kier alpha value is -4.64. The number of carbonyl (C=O) groups excluding carboxylic acids is 2. The topological polar surface area (TPSA) is 118 Å². The molecule has 4 rings (SSSR count). The van der Waals surface area contributed by atoms with Gasteiger partial charge in [-0.2, -0.15) is 0 Å². The lowest BCUT2D eigenvalue weighted by Crippen LogP contribution is -2.27. The molecule has 170 valence electrons. The van der Waals surface area contributed by atoms with Crippen LogP contribution in [0.25, 0.3) is 11.1 Å². The van der Waals surface area contributed by atoms with E-state index >= 15 is 0 Å². The number of ether oxygens (including phenoxy) is 1. The highest BCUT2D eigenvalue weighted by Crippen LogP contribution is 2.44. The minimum Gasteiger partial charge on any atom is -0.472 e. The Morgan fingerprint density at radius 3 is 2.32 bits per heavy atom. The summed E-state index contributed by atoms with van der Waals surface area (Å²) < 4.78 is 5.50. The third-order valence-electron chi connectivity index (χ3n) is 5.37. The predicted molar refractivity (Wildman–Crippen MR) is 124 cm³/mol. The number of hydrogen-bond donors (Lipinski definition) is 3. The van der Waals surface area contributed by atoms with Gasteiger partial charge in [0, 0.05) is 23.6 Å². The summed E-state index contributed by atoms with van der Waals surface area (Å²) in [5.41, 5.74) is 5.35. The van der Waals surface area contributed by atoms with Gasteiger partial charge in [-0.05, 0) is 34.4 Å². The van der Waals surface area contributed by atoms with Crippen LogP contribution in [-0.2, 0) is 16.1 Å². The van der Waals surface area contributed by atoms with Crippen molar-refractivity contribution in [1.82, 2.24) is 15.6 Å². The molecule has 0 spiro atoms. The largest absolute Gasteiger partial charge is 0.472 e. The van der Waals surface area contributed by atoms with Crippen molar-refractivity contribution in [3.05, 3.63) is 89.2 Å². The number of aliphatic carboxylic acids is 1. The monoisotopic (exact) mass is 455 g/mol. The molecule has 0 unspecified atom stereocenters. The van der Waals surface area contributed by atoms with E-state index in [4.69, 9.17) is 9.84 Å². The predicted octanol–water partition coefficient (Wildman–Crippen LogP) is 2.94. The van der Waals surface area contributed by atoms with Crippen molar-refractivity contribution in [3.8, 4) is 23.0 Å². The second kappa shape index (κ2) is 10.3. The van der Waals surface area contributed by atoms with Crippen LogP contribution in [0.3, 0.4) is 0 Å². The molecule has 1 aliphatic carbocycles. The van der Waals surface area contributed by atoms with E-state index in [2.05, 4.69) is 45.8 Å². The van der Waals surface area contributed by atoms with E-state index in [1.807, 2.05) is 30.2 Å². The number of nitrogens with zero attached hydrogens (tertiary/aromatic N) is 1. The normalized spacial score (nSPS) is 11.4. The van der Waals surface area contributed by atoms with Gasteiger partial charge < -0.3 is 20.5 Å². The number of amides is 2. The van der Waals surface area contributed by atoms with E-state index in [1.165, 1.54) is 18.3 Å². The van der Waals surface area contributed by atoms with Crippen molar-refractivity contribution in [2.75, 3.05) is 13.2 Å². The van der Waals surface area contributed by atoms with Gasteiger partial charge in [0.15, 0.2) is 0 Å². The fourth-order valence-corrected chi connectivity index (χ4v) is 3.87. The average molecular weight is 455 g/mol. The van der Waals surface area contributed by atoms with Crippen LogP contribution in [0, 0.1) is 11.8 Å². The maximum absolute atomic E-state index is 12.3. The molecule has 34 heavy (non-hydrogen) atoms. The van der Waals surface area contributed by atoms with Crippen LogP contribution >= 0.6 is 0 Å². The number of pyridine rings is 1. The Bertz CT molecular complexity index is 1260. The fraction of sp³-hybridized carbons (Fsp3) is 0.154. The number of alkyl carbamates (subject to hydrolysis) is 1. The van der Waals surface area contributed by atoms with Gasteiger partial charge in [0.1, 0.15) is 6.61 Å². The number of carboxylic acid groups (broad SMARTS) is 1. The second-order valence-corrected chi connectivity index (χ2v) is 7.50. The van der Waals surface area contributed by atoms with Crippen LogP contribution in [0.5, 0.6) is 0 Å². The Kier molecular flexibility index (Phi) is 6.84. The summed E-state index contributed by atoms with van der Waals surface area (Å²) in [6, 6.07) is 19.2. The van der Waals surface area contributed by atoms with E-state index in [1.54, 1.807) is 0 Å². The second-order valence-electron chi connectivity index (χ2n) is 7.50. The summed E-state index contributed by atoms with van der Waals surface area (Å²) in [6.07, 6.45) is 0.870. The van der Waals surface area contributed by atoms with Gasteiger partial charge in [0.05, 0.1) is 18.8 Å². The van der Waals surface area contributed by atoms with Crippen molar-refractivity contribution in [1.29, 1.82) is 0 Å². The zero-order valence-corrected chi connectivity index (χ0v) is 18.1. The van der Waals surface area contributed by atoms with Gasteiger partial charge in [0.2, 0.25) is 0 Å². The van der Waals surface area contributed by atoms with E-state index in [0.717, 1.165) is 22.3 Å². The van der Waals surface area contributed by atoms with Gasteiger partial charge >= 0.3 is 12.1 Å². The standard InChI is InChI=1S/C26H21N3O5/c30-24(31)10-5-12-28-25(32)17-11-13-27-18(14-17)15-29-26(33)34-16-23-21-8-3-1-6-19(21)20-7-2-4-9-22(20)23/h1-4,6-9,11,13-14,23H,12,15-16H2,(H,28,32)(H,29,33)(H,30,31). The first-order chi connectivity index (χ1) is 16.5. The molecule has 2 aromatic carbocycles. The molecule has 2 amide bonds. The average Bonchev–Trinajstić information content (AvgIpc) is 3.18. The summed E-state index contributed by atoms with van der Waals surface area (Å²) in [6.45, 7) is 0.185. The van der Waals surface area contributed by atoms with Gasteiger partial charge in [-0.15, -0.1) is 0 Å². The Labute approximate surface area is 196 Å². The molecule has 0 saturated heterocycles. The number of nitrogens with one attached hydrogen (secondary N) is 2.